The van der Waals surface area contributed by atoms with Crippen LogP contribution >= 0.6 is 12.4 Å². The van der Waals surface area contributed by atoms with Crippen LogP contribution in [0.15, 0.2) is 96.4 Å². The highest BCUT2D eigenvalue weighted by Gasteiger charge is 2.46. The van der Waals surface area contributed by atoms with Gasteiger partial charge in [-0.25, -0.2) is 17.5 Å². The van der Waals surface area contributed by atoms with E-state index >= 15 is 0 Å². The summed E-state index contributed by atoms with van der Waals surface area (Å²) in [7, 11) is -2.05. The first-order valence-corrected chi connectivity index (χ1v) is 14.7. The summed E-state index contributed by atoms with van der Waals surface area (Å²) >= 11 is 0. The van der Waals surface area contributed by atoms with Crippen LogP contribution in [0.4, 0.5) is 4.39 Å². The second-order valence-electron chi connectivity index (χ2n) is 10.5. The molecule has 2 N–H and O–H groups in total. The molecule has 1 fully saturated rings. The van der Waals surface area contributed by atoms with Gasteiger partial charge in [-0.05, 0) is 85.0 Å². The molecule has 6 nitrogen and oxygen atoms in total. The SMILES string of the molecule is CNS(=O)(=O)c1ccc(C2(CN3CC=C(c4c[nH]cc4-c4ccncc4)CC3c3ccc(F)cc3)CC2)cc1.Cl. The molecule has 1 atom stereocenters. The van der Waals surface area contributed by atoms with Gasteiger partial charge in [0.05, 0.1) is 4.90 Å². The third-order valence-corrected chi connectivity index (χ3v) is 9.60. The molecule has 1 aliphatic heterocycles. The number of rotatable bonds is 8. The van der Waals surface area contributed by atoms with Crippen LogP contribution in [0.25, 0.3) is 16.7 Å². The Labute approximate surface area is 240 Å². The predicted molar refractivity (Wildman–Crippen MR) is 158 cm³/mol. The van der Waals surface area contributed by atoms with Crippen LogP contribution in [0.5, 0.6) is 0 Å². The summed E-state index contributed by atoms with van der Waals surface area (Å²) in [6.07, 6.45) is 12.9. The van der Waals surface area contributed by atoms with Crippen LogP contribution in [0, 0.1) is 5.82 Å². The zero-order valence-corrected chi connectivity index (χ0v) is 23.8. The number of sulfonamides is 1. The van der Waals surface area contributed by atoms with Crippen LogP contribution in [0.1, 0.15) is 42.0 Å². The van der Waals surface area contributed by atoms with Crippen molar-refractivity contribution in [3.05, 3.63) is 114 Å². The molecule has 1 saturated carbocycles. The van der Waals surface area contributed by atoms with E-state index in [4.69, 9.17) is 0 Å². The van der Waals surface area contributed by atoms with Gasteiger partial charge in [0.2, 0.25) is 10.0 Å². The first-order valence-electron chi connectivity index (χ1n) is 13.2. The molecule has 40 heavy (non-hydrogen) atoms. The number of nitrogens with zero attached hydrogens (tertiary/aromatic N) is 2. The van der Waals surface area contributed by atoms with E-state index in [0.29, 0.717) is 0 Å². The molecule has 208 valence electrons. The Bertz CT molecular complexity index is 1600. The fourth-order valence-electron chi connectivity index (χ4n) is 5.77. The first kappa shape index (κ1) is 28.2. The molecule has 1 unspecified atom stereocenters. The maximum absolute atomic E-state index is 13.9. The van der Waals surface area contributed by atoms with Gasteiger partial charge >= 0.3 is 0 Å². The van der Waals surface area contributed by atoms with Crippen molar-refractivity contribution in [2.45, 2.75) is 35.6 Å². The lowest BCUT2D eigenvalue weighted by atomic mass is 9.86. The lowest BCUT2D eigenvalue weighted by molar-refractivity contribution is 0.194. The Balaban J connectivity index is 0.00000323. The van der Waals surface area contributed by atoms with Crippen LogP contribution < -0.4 is 4.72 Å². The molecule has 6 rings (SSSR count). The number of pyridine rings is 1. The maximum Gasteiger partial charge on any atom is 0.240 e. The Morgan fingerprint density at radius 1 is 1.00 bits per heavy atom. The van der Waals surface area contributed by atoms with Crippen molar-refractivity contribution in [3.63, 3.8) is 0 Å². The Morgan fingerprint density at radius 2 is 1.68 bits per heavy atom. The number of hydrogen-bond acceptors (Lipinski definition) is 4. The first-order chi connectivity index (χ1) is 18.9. The van der Waals surface area contributed by atoms with E-state index in [1.54, 1.807) is 24.5 Å². The van der Waals surface area contributed by atoms with Crippen molar-refractivity contribution in [2.75, 3.05) is 20.1 Å². The van der Waals surface area contributed by atoms with Crippen LogP contribution in [0.3, 0.4) is 0 Å². The van der Waals surface area contributed by atoms with Crippen LogP contribution in [-0.2, 0) is 15.4 Å². The largest absolute Gasteiger partial charge is 0.366 e. The molecular weight excluding hydrogens is 547 g/mol. The van der Waals surface area contributed by atoms with Gasteiger partial charge in [0.25, 0.3) is 0 Å². The molecule has 4 aromatic rings. The summed E-state index contributed by atoms with van der Waals surface area (Å²) in [4.78, 5) is 10.2. The Kier molecular flexibility index (Phi) is 7.97. The second kappa shape index (κ2) is 11.3. The van der Waals surface area contributed by atoms with Gasteiger partial charge in [0.1, 0.15) is 5.82 Å². The molecule has 1 aliphatic carbocycles. The third kappa shape index (κ3) is 5.49. The van der Waals surface area contributed by atoms with E-state index in [-0.39, 0.29) is 34.6 Å². The molecule has 0 amide bonds. The number of aromatic nitrogens is 2. The zero-order valence-electron chi connectivity index (χ0n) is 22.2. The quantitative estimate of drug-likeness (QED) is 0.264. The predicted octanol–water partition coefficient (Wildman–Crippen LogP) is 6.11. The van der Waals surface area contributed by atoms with E-state index in [9.17, 15) is 12.8 Å². The molecule has 9 heteroatoms. The average molecular weight is 579 g/mol. The summed E-state index contributed by atoms with van der Waals surface area (Å²) in [6.45, 7) is 1.62. The average Bonchev–Trinajstić information content (AvgIpc) is 3.59. The normalized spacial score (nSPS) is 18.6. The topological polar surface area (TPSA) is 78.1 Å². The van der Waals surface area contributed by atoms with Crippen LogP contribution in [0.2, 0.25) is 0 Å². The smallest absolute Gasteiger partial charge is 0.240 e. The molecule has 0 radical (unpaired) electrons. The minimum absolute atomic E-state index is 0. The Hall–Kier alpha value is -3.30. The van der Waals surface area contributed by atoms with Gasteiger partial charge < -0.3 is 4.98 Å². The van der Waals surface area contributed by atoms with Gasteiger partial charge in [0, 0.05) is 60.5 Å². The fourth-order valence-corrected chi connectivity index (χ4v) is 6.50. The monoisotopic (exact) mass is 578 g/mol. The molecule has 0 saturated heterocycles. The minimum atomic E-state index is -3.47. The summed E-state index contributed by atoms with van der Waals surface area (Å²) in [5, 5.41) is 0. The van der Waals surface area contributed by atoms with E-state index in [0.717, 1.165) is 54.6 Å². The number of aromatic amines is 1. The minimum Gasteiger partial charge on any atom is -0.366 e. The summed E-state index contributed by atoms with van der Waals surface area (Å²) in [5.74, 6) is -0.238. The maximum atomic E-state index is 13.9. The molecule has 3 heterocycles. The number of H-pyrrole nitrogens is 1. The summed E-state index contributed by atoms with van der Waals surface area (Å²) in [6, 6.07) is 18.3. The second-order valence-corrected chi connectivity index (χ2v) is 12.3. The van der Waals surface area contributed by atoms with Crippen molar-refractivity contribution < 1.29 is 12.8 Å². The fraction of sp³-hybridized carbons (Fsp3) is 0.258. The highest BCUT2D eigenvalue weighted by molar-refractivity contribution is 7.89. The molecule has 0 bridgehead atoms. The summed E-state index contributed by atoms with van der Waals surface area (Å²) < 4.78 is 40.6. The molecule has 2 aromatic carbocycles. The number of benzene rings is 2. The van der Waals surface area contributed by atoms with Gasteiger partial charge in [-0.1, -0.05) is 30.3 Å². The number of nitrogens with one attached hydrogen (secondary N) is 2. The van der Waals surface area contributed by atoms with Gasteiger partial charge in [-0.15, -0.1) is 12.4 Å². The number of halogens is 2. The lowest BCUT2D eigenvalue weighted by Gasteiger charge is -2.38. The van der Waals surface area contributed by atoms with E-state index in [1.807, 2.05) is 42.6 Å². The Morgan fingerprint density at radius 3 is 2.33 bits per heavy atom. The molecule has 2 aromatic heterocycles. The van der Waals surface area contributed by atoms with Gasteiger partial charge in [-0.2, -0.15) is 0 Å². The molecule has 2 aliphatic rings. The molecule has 0 spiro atoms. The van der Waals surface area contributed by atoms with E-state index < -0.39 is 10.0 Å². The molecular formula is C31H32ClFN4O2S. The standard InChI is InChI=1S/C31H31FN4O2S.ClH/c1-33-39(37,38)27-8-4-25(5-9-27)31(13-14-31)21-36-17-12-24(18-30(36)23-2-6-26(32)7-3-23)29-20-35-19-28(29)22-10-15-34-16-11-22;/h2-12,15-16,19-20,30,33,35H,13-14,17-18,21H2,1H3;1H. The highest BCUT2D eigenvalue weighted by Crippen LogP contribution is 2.51. The van der Waals surface area contributed by atoms with Gasteiger partial charge in [0.15, 0.2) is 0 Å². The van der Waals surface area contributed by atoms with Crippen molar-refractivity contribution in [1.29, 1.82) is 0 Å². The highest BCUT2D eigenvalue weighted by atomic mass is 35.5. The van der Waals surface area contributed by atoms with Crippen molar-refractivity contribution in [1.82, 2.24) is 19.6 Å². The van der Waals surface area contributed by atoms with E-state index in [2.05, 4.69) is 31.9 Å². The zero-order chi connectivity index (χ0) is 27.0. The third-order valence-electron chi connectivity index (χ3n) is 8.17. The van der Waals surface area contributed by atoms with Crippen molar-refractivity contribution in [2.24, 2.45) is 0 Å². The number of hydrogen-bond donors (Lipinski definition) is 2. The summed E-state index contributed by atoms with van der Waals surface area (Å²) in [5.41, 5.74) is 6.94. The lowest BCUT2D eigenvalue weighted by Crippen LogP contribution is -2.38. The van der Waals surface area contributed by atoms with Crippen molar-refractivity contribution >= 4 is 28.0 Å². The van der Waals surface area contributed by atoms with Gasteiger partial charge in [-0.3, -0.25) is 9.88 Å². The van der Waals surface area contributed by atoms with Crippen molar-refractivity contribution in [3.8, 4) is 11.1 Å². The van der Waals surface area contributed by atoms with Crippen LogP contribution in [-0.4, -0.2) is 43.4 Å². The van der Waals surface area contributed by atoms with E-state index in [1.165, 1.54) is 30.3 Å².